The number of aryl methyl sites for hydroxylation is 1. The standard InChI is InChI=1S/C22H28N2O2/c1-24(2)14-15-26-19-11-7-10-18(16-19)23-22(25)21-13-6-9-17-8-4-3-5-12-20(17)21/h6-7,9-11,13,16H,3-5,8,12,14-15H2,1-2H3,(H,23,25). The van der Waals surface area contributed by atoms with Crippen LogP contribution in [0.5, 0.6) is 5.75 Å². The van der Waals surface area contributed by atoms with Crippen LogP contribution in [0.4, 0.5) is 5.69 Å². The number of hydrogen-bond donors (Lipinski definition) is 1. The Morgan fingerprint density at radius 2 is 1.88 bits per heavy atom. The van der Waals surface area contributed by atoms with Crippen molar-refractivity contribution >= 4 is 11.6 Å². The lowest BCUT2D eigenvalue weighted by Gasteiger charge is -2.14. The van der Waals surface area contributed by atoms with Gasteiger partial charge in [0.15, 0.2) is 0 Å². The van der Waals surface area contributed by atoms with Crippen molar-refractivity contribution in [1.29, 1.82) is 0 Å². The number of benzene rings is 2. The molecule has 26 heavy (non-hydrogen) atoms. The van der Waals surface area contributed by atoms with Gasteiger partial charge in [0, 0.05) is 23.9 Å². The van der Waals surface area contributed by atoms with Crippen molar-refractivity contribution in [3.8, 4) is 5.75 Å². The fourth-order valence-corrected chi connectivity index (χ4v) is 3.38. The van der Waals surface area contributed by atoms with Crippen LogP contribution in [0.25, 0.3) is 0 Å². The van der Waals surface area contributed by atoms with Crippen LogP contribution in [-0.4, -0.2) is 38.1 Å². The van der Waals surface area contributed by atoms with E-state index in [2.05, 4.69) is 16.3 Å². The molecule has 3 rings (SSSR count). The van der Waals surface area contributed by atoms with E-state index in [-0.39, 0.29) is 5.91 Å². The Morgan fingerprint density at radius 1 is 1.08 bits per heavy atom. The van der Waals surface area contributed by atoms with Crippen LogP contribution in [-0.2, 0) is 12.8 Å². The molecule has 2 aromatic rings. The van der Waals surface area contributed by atoms with Crippen LogP contribution < -0.4 is 10.1 Å². The fraction of sp³-hybridized carbons (Fsp3) is 0.409. The predicted molar refractivity (Wildman–Crippen MR) is 106 cm³/mol. The molecule has 0 saturated heterocycles. The molecule has 1 aliphatic rings. The summed E-state index contributed by atoms with van der Waals surface area (Å²) in [5, 5.41) is 3.04. The van der Waals surface area contributed by atoms with E-state index in [0.29, 0.717) is 6.61 Å². The van der Waals surface area contributed by atoms with E-state index in [0.717, 1.165) is 42.8 Å². The van der Waals surface area contributed by atoms with Crippen molar-refractivity contribution in [3.05, 3.63) is 59.2 Å². The zero-order valence-corrected chi connectivity index (χ0v) is 15.8. The lowest BCUT2D eigenvalue weighted by molar-refractivity contribution is 0.102. The largest absolute Gasteiger partial charge is 0.492 e. The average molecular weight is 352 g/mol. The SMILES string of the molecule is CN(C)CCOc1cccc(NC(=O)c2cccc3c2CCCCC3)c1. The van der Waals surface area contributed by atoms with E-state index in [1.807, 2.05) is 50.5 Å². The number of likely N-dealkylation sites (N-methyl/N-ethyl adjacent to an activating group) is 1. The third-order valence-electron chi connectivity index (χ3n) is 4.79. The number of ether oxygens (including phenoxy) is 1. The molecule has 0 aliphatic heterocycles. The highest BCUT2D eigenvalue weighted by atomic mass is 16.5. The van der Waals surface area contributed by atoms with Crippen LogP contribution in [0.2, 0.25) is 0 Å². The lowest BCUT2D eigenvalue weighted by atomic mass is 9.96. The summed E-state index contributed by atoms with van der Waals surface area (Å²) in [6.45, 7) is 1.48. The highest BCUT2D eigenvalue weighted by Crippen LogP contribution is 2.25. The highest BCUT2D eigenvalue weighted by Gasteiger charge is 2.16. The van der Waals surface area contributed by atoms with Crippen molar-refractivity contribution in [2.75, 3.05) is 32.6 Å². The Hall–Kier alpha value is -2.33. The maximum absolute atomic E-state index is 12.9. The van der Waals surface area contributed by atoms with Gasteiger partial charge in [-0.1, -0.05) is 24.6 Å². The normalized spacial score (nSPS) is 13.8. The quantitative estimate of drug-likeness (QED) is 0.794. The van der Waals surface area contributed by atoms with Crippen molar-refractivity contribution in [2.24, 2.45) is 0 Å². The molecule has 0 spiro atoms. The van der Waals surface area contributed by atoms with Crippen molar-refractivity contribution in [1.82, 2.24) is 4.90 Å². The molecule has 0 atom stereocenters. The monoisotopic (exact) mass is 352 g/mol. The molecule has 0 heterocycles. The zero-order chi connectivity index (χ0) is 18.4. The van der Waals surface area contributed by atoms with E-state index >= 15 is 0 Å². The number of hydrogen-bond acceptors (Lipinski definition) is 3. The van der Waals surface area contributed by atoms with Gasteiger partial charge in [0.25, 0.3) is 5.91 Å². The average Bonchev–Trinajstić information content (AvgIpc) is 2.87. The summed E-state index contributed by atoms with van der Waals surface area (Å²) >= 11 is 0. The van der Waals surface area contributed by atoms with Gasteiger partial charge in [-0.05, 0) is 69.1 Å². The number of nitrogens with one attached hydrogen (secondary N) is 1. The number of carbonyl (C=O) groups excluding carboxylic acids is 1. The first-order valence-electron chi connectivity index (χ1n) is 9.43. The molecular formula is C22H28N2O2. The van der Waals surface area contributed by atoms with Crippen LogP contribution in [0, 0.1) is 0 Å². The van der Waals surface area contributed by atoms with Gasteiger partial charge in [0.1, 0.15) is 12.4 Å². The first kappa shape index (κ1) is 18.5. The van der Waals surface area contributed by atoms with Gasteiger partial charge in [-0.15, -0.1) is 0 Å². The Balaban J connectivity index is 1.70. The van der Waals surface area contributed by atoms with E-state index in [9.17, 15) is 4.79 Å². The van der Waals surface area contributed by atoms with Crippen LogP contribution >= 0.6 is 0 Å². The molecule has 0 fully saturated rings. The minimum Gasteiger partial charge on any atom is -0.492 e. The van der Waals surface area contributed by atoms with Gasteiger partial charge in [-0.25, -0.2) is 0 Å². The number of amides is 1. The molecule has 1 aliphatic carbocycles. The molecule has 0 bridgehead atoms. The Labute approximate surface area is 156 Å². The third kappa shape index (κ3) is 4.85. The Bertz CT molecular complexity index is 756. The number of carbonyl (C=O) groups is 1. The molecule has 0 aromatic heterocycles. The molecule has 4 heteroatoms. The van der Waals surface area contributed by atoms with Crippen LogP contribution in [0.15, 0.2) is 42.5 Å². The Kier molecular flexibility index (Phi) is 6.29. The summed E-state index contributed by atoms with van der Waals surface area (Å²) in [6, 6.07) is 13.7. The van der Waals surface area contributed by atoms with Gasteiger partial charge in [-0.2, -0.15) is 0 Å². The summed E-state index contributed by atoms with van der Waals surface area (Å²) in [4.78, 5) is 14.9. The minimum absolute atomic E-state index is 0.0332. The molecule has 1 amide bonds. The summed E-state index contributed by atoms with van der Waals surface area (Å²) in [5.74, 6) is 0.741. The molecule has 1 N–H and O–H groups in total. The number of anilines is 1. The predicted octanol–water partition coefficient (Wildman–Crippen LogP) is 4.15. The van der Waals surface area contributed by atoms with E-state index < -0.39 is 0 Å². The topological polar surface area (TPSA) is 41.6 Å². The molecule has 2 aromatic carbocycles. The van der Waals surface area contributed by atoms with Crippen molar-refractivity contribution in [2.45, 2.75) is 32.1 Å². The fourth-order valence-electron chi connectivity index (χ4n) is 3.38. The van der Waals surface area contributed by atoms with Gasteiger partial charge in [0.05, 0.1) is 0 Å². The molecular weight excluding hydrogens is 324 g/mol. The summed E-state index contributed by atoms with van der Waals surface area (Å²) in [5.41, 5.74) is 4.13. The second-order valence-corrected chi connectivity index (χ2v) is 7.14. The highest BCUT2D eigenvalue weighted by molar-refractivity contribution is 6.05. The maximum atomic E-state index is 12.9. The summed E-state index contributed by atoms with van der Waals surface area (Å²) in [7, 11) is 4.03. The Morgan fingerprint density at radius 3 is 2.73 bits per heavy atom. The summed E-state index contributed by atoms with van der Waals surface area (Å²) in [6.07, 6.45) is 5.68. The maximum Gasteiger partial charge on any atom is 0.255 e. The van der Waals surface area contributed by atoms with Crippen molar-refractivity contribution < 1.29 is 9.53 Å². The number of fused-ring (bicyclic) bond motifs is 1. The molecule has 0 radical (unpaired) electrons. The minimum atomic E-state index is -0.0332. The second kappa shape index (κ2) is 8.86. The van der Waals surface area contributed by atoms with E-state index in [4.69, 9.17) is 4.74 Å². The second-order valence-electron chi connectivity index (χ2n) is 7.14. The van der Waals surface area contributed by atoms with Crippen LogP contribution in [0.3, 0.4) is 0 Å². The van der Waals surface area contributed by atoms with Crippen molar-refractivity contribution in [3.63, 3.8) is 0 Å². The van der Waals surface area contributed by atoms with E-state index in [1.165, 1.54) is 24.0 Å². The molecule has 0 saturated carbocycles. The van der Waals surface area contributed by atoms with Gasteiger partial charge >= 0.3 is 0 Å². The zero-order valence-electron chi connectivity index (χ0n) is 15.8. The van der Waals surface area contributed by atoms with Crippen LogP contribution in [0.1, 0.15) is 40.7 Å². The smallest absolute Gasteiger partial charge is 0.255 e. The summed E-state index contributed by atoms with van der Waals surface area (Å²) < 4.78 is 5.76. The van der Waals surface area contributed by atoms with E-state index in [1.54, 1.807) is 0 Å². The number of nitrogens with zero attached hydrogens (tertiary/aromatic N) is 1. The molecule has 4 nitrogen and oxygen atoms in total. The first-order chi connectivity index (χ1) is 12.6. The van der Waals surface area contributed by atoms with Gasteiger partial charge in [0.2, 0.25) is 0 Å². The third-order valence-corrected chi connectivity index (χ3v) is 4.79. The lowest BCUT2D eigenvalue weighted by Crippen LogP contribution is -2.19. The first-order valence-corrected chi connectivity index (χ1v) is 9.43. The molecule has 0 unspecified atom stereocenters. The van der Waals surface area contributed by atoms with Gasteiger partial charge in [-0.3, -0.25) is 4.79 Å². The molecule has 138 valence electrons. The van der Waals surface area contributed by atoms with Gasteiger partial charge < -0.3 is 15.0 Å². The number of rotatable bonds is 6.